The summed E-state index contributed by atoms with van der Waals surface area (Å²) < 4.78 is 19.2. The zero-order valence-corrected chi connectivity index (χ0v) is 23.9. The second kappa shape index (κ2) is 9.53. The monoisotopic (exact) mass is 555 g/mol. The minimum atomic E-state index is -0.524. The highest BCUT2D eigenvalue weighted by Gasteiger charge is 2.48. The lowest BCUT2D eigenvalue weighted by atomic mass is 9.64. The van der Waals surface area contributed by atoms with Gasteiger partial charge in [-0.15, -0.1) is 0 Å². The molecule has 4 nitrogen and oxygen atoms in total. The Morgan fingerprint density at radius 1 is 0.868 bits per heavy atom. The van der Waals surface area contributed by atoms with Gasteiger partial charge in [0.2, 0.25) is 0 Å². The van der Waals surface area contributed by atoms with E-state index >= 15 is 0 Å². The predicted molar refractivity (Wildman–Crippen MR) is 148 cm³/mol. The smallest absolute Gasteiger partial charge is 0.162 e. The number of nitrogens with zero attached hydrogens (tertiary/aromatic N) is 1. The highest BCUT2D eigenvalue weighted by molar-refractivity contribution is 6.37. The first-order chi connectivity index (χ1) is 17.8. The Kier molecular flexibility index (Phi) is 6.76. The van der Waals surface area contributed by atoms with E-state index in [1.807, 2.05) is 7.05 Å². The first kappa shape index (κ1) is 27.0. The predicted octanol–water partition coefficient (Wildman–Crippen LogP) is 8.03. The number of benzene rings is 2. The molecule has 2 aromatic rings. The molecule has 0 atom stereocenters. The minimum absolute atomic E-state index is 0.0566. The lowest BCUT2D eigenvalue weighted by Crippen LogP contribution is -2.43. The molecule has 0 radical (unpaired) electrons. The normalized spacial score (nSPS) is 21.0. The molecule has 200 valence electrons. The van der Waals surface area contributed by atoms with Crippen molar-refractivity contribution in [3.05, 3.63) is 85.9 Å². The Balaban J connectivity index is 1.59. The quantitative estimate of drug-likeness (QED) is 0.383. The van der Waals surface area contributed by atoms with Gasteiger partial charge < -0.3 is 9.64 Å². The minimum Gasteiger partial charge on any atom is -0.486 e. The van der Waals surface area contributed by atoms with Crippen LogP contribution in [0.3, 0.4) is 0 Å². The van der Waals surface area contributed by atoms with E-state index in [0.29, 0.717) is 45.3 Å². The van der Waals surface area contributed by atoms with Crippen LogP contribution in [0.1, 0.15) is 70.4 Å². The number of carbonyl (C=O) groups excluding carboxylic acids is 2. The average Bonchev–Trinajstić information content (AvgIpc) is 2.79. The fourth-order valence-electron chi connectivity index (χ4n) is 6.12. The lowest BCUT2D eigenvalue weighted by molar-refractivity contribution is -0.119. The average molecular weight is 557 g/mol. The summed E-state index contributed by atoms with van der Waals surface area (Å²) in [5, 5.41) is 0.593. The lowest BCUT2D eigenvalue weighted by Gasteiger charge is -2.48. The second-order valence-electron chi connectivity index (χ2n) is 12.3. The molecule has 0 saturated carbocycles. The maximum Gasteiger partial charge on any atom is 0.162 e. The van der Waals surface area contributed by atoms with E-state index in [2.05, 4.69) is 32.6 Å². The summed E-state index contributed by atoms with van der Waals surface area (Å²) in [7, 11) is 1.98. The third-order valence-corrected chi connectivity index (χ3v) is 8.39. The first-order valence-corrected chi connectivity index (χ1v) is 13.6. The highest BCUT2D eigenvalue weighted by atomic mass is 35.5. The number of Topliss-reactive ketones (excluding diaryl/α,β-unsaturated/α-hetero) is 2. The fraction of sp³-hybridized carbons (Fsp3) is 0.419. The zero-order chi connectivity index (χ0) is 27.6. The number of allylic oxidation sites excluding steroid dienone is 4. The van der Waals surface area contributed by atoms with Crippen LogP contribution >= 0.6 is 23.2 Å². The van der Waals surface area contributed by atoms with Gasteiger partial charge in [-0.05, 0) is 59.1 Å². The van der Waals surface area contributed by atoms with Gasteiger partial charge in [0.15, 0.2) is 17.3 Å². The van der Waals surface area contributed by atoms with Crippen molar-refractivity contribution >= 4 is 34.8 Å². The van der Waals surface area contributed by atoms with E-state index in [0.717, 1.165) is 29.8 Å². The molecule has 7 heteroatoms. The zero-order valence-electron chi connectivity index (χ0n) is 22.4. The van der Waals surface area contributed by atoms with E-state index < -0.39 is 5.92 Å². The molecule has 0 spiro atoms. The number of hydrogen-bond acceptors (Lipinski definition) is 4. The van der Waals surface area contributed by atoms with E-state index in [-0.39, 0.29) is 34.8 Å². The molecule has 5 rings (SSSR count). The Bertz CT molecular complexity index is 1330. The van der Waals surface area contributed by atoms with Crippen molar-refractivity contribution in [2.45, 2.75) is 65.9 Å². The highest BCUT2D eigenvalue weighted by Crippen LogP contribution is 2.54. The molecule has 0 fully saturated rings. The van der Waals surface area contributed by atoms with Crippen LogP contribution in [0.4, 0.5) is 4.39 Å². The van der Waals surface area contributed by atoms with Crippen LogP contribution in [-0.2, 0) is 16.2 Å². The fourth-order valence-corrected chi connectivity index (χ4v) is 6.73. The van der Waals surface area contributed by atoms with Crippen molar-refractivity contribution in [1.82, 2.24) is 4.90 Å². The van der Waals surface area contributed by atoms with Gasteiger partial charge in [0.1, 0.15) is 12.4 Å². The number of rotatable bonds is 4. The number of ether oxygens (including phenoxy) is 1. The summed E-state index contributed by atoms with van der Waals surface area (Å²) in [6.07, 6.45) is 2.32. The summed E-state index contributed by atoms with van der Waals surface area (Å²) in [5.41, 5.74) is 4.43. The summed E-state index contributed by atoms with van der Waals surface area (Å²) in [5.74, 6) is -0.423. The Morgan fingerprint density at radius 2 is 1.34 bits per heavy atom. The van der Waals surface area contributed by atoms with E-state index in [4.69, 9.17) is 27.9 Å². The van der Waals surface area contributed by atoms with Crippen LogP contribution in [0.5, 0.6) is 5.75 Å². The third kappa shape index (κ3) is 4.91. The van der Waals surface area contributed by atoms with Crippen molar-refractivity contribution in [3.8, 4) is 5.75 Å². The Labute approximate surface area is 233 Å². The van der Waals surface area contributed by atoms with Crippen LogP contribution in [0.2, 0.25) is 10.0 Å². The SMILES string of the molecule is CN1C2=C(C(=O)CC(C)(C)C2)C(c2cc(Cl)c(OCc3ccc(F)cc3)c(Cl)c2)C2=C1CC(C)(C)CC2=O. The molecule has 0 amide bonds. The molecule has 2 aromatic carbocycles. The Hall–Kier alpha value is -2.63. The van der Waals surface area contributed by atoms with Gasteiger partial charge in [-0.2, -0.15) is 0 Å². The molecule has 0 saturated heterocycles. The summed E-state index contributed by atoms with van der Waals surface area (Å²) in [6.45, 7) is 8.60. The second-order valence-corrected chi connectivity index (χ2v) is 13.1. The number of halogens is 3. The third-order valence-electron chi connectivity index (χ3n) is 7.83. The van der Waals surface area contributed by atoms with E-state index in [9.17, 15) is 14.0 Å². The summed E-state index contributed by atoms with van der Waals surface area (Å²) in [4.78, 5) is 29.4. The molecule has 2 aliphatic carbocycles. The maximum absolute atomic E-state index is 13.7. The molecule has 0 aromatic heterocycles. The van der Waals surface area contributed by atoms with Gasteiger partial charge >= 0.3 is 0 Å². The molecule has 0 unspecified atom stereocenters. The molecule has 1 aliphatic heterocycles. The number of ketones is 2. The van der Waals surface area contributed by atoms with Gasteiger partial charge in [-0.3, -0.25) is 9.59 Å². The van der Waals surface area contributed by atoms with Crippen molar-refractivity contribution in [3.63, 3.8) is 0 Å². The van der Waals surface area contributed by atoms with Crippen LogP contribution in [0.15, 0.2) is 58.9 Å². The van der Waals surface area contributed by atoms with Crippen LogP contribution in [0.25, 0.3) is 0 Å². The van der Waals surface area contributed by atoms with Gasteiger partial charge in [0.05, 0.1) is 10.0 Å². The van der Waals surface area contributed by atoms with Gasteiger partial charge in [-0.1, -0.05) is 63.0 Å². The van der Waals surface area contributed by atoms with Crippen molar-refractivity contribution in [1.29, 1.82) is 0 Å². The maximum atomic E-state index is 13.7. The molecule has 3 aliphatic rings. The van der Waals surface area contributed by atoms with Crippen LogP contribution in [-0.4, -0.2) is 23.5 Å². The largest absolute Gasteiger partial charge is 0.486 e. The van der Waals surface area contributed by atoms with Crippen LogP contribution < -0.4 is 4.74 Å². The van der Waals surface area contributed by atoms with Crippen molar-refractivity contribution < 1.29 is 18.7 Å². The van der Waals surface area contributed by atoms with Crippen molar-refractivity contribution in [2.24, 2.45) is 10.8 Å². The molecular formula is C31H32Cl2FNO3. The standard InChI is InChI=1S/C31H32Cl2FNO3/c1-30(2)12-22-27(24(36)14-30)26(28-23(35(22)5)13-31(3,4)15-25(28)37)18-10-20(32)29(21(33)11-18)38-16-17-6-8-19(34)9-7-17/h6-11,26H,12-16H2,1-5H3. The topological polar surface area (TPSA) is 46.6 Å². The molecule has 0 bridgehead atoms. The number of hydrogen-bond donors (Lipinski definition) is 0. The molecule has 1 heterocycles. The molecular weight excluding hydrogens is 524 g/mol. The van der Waals surface area contributed by atoms with E-state index in [1.165, 1.54) is 12.1 Å². The van der Waals surface area contributed by atoms with Gasteiger partial charge in [0, 0.05) is 48.3 Å². The van der Waals surface area contributed by atoms with Gasteiger partial charge in [-0.25, -0.2) is 4.39 Å². The molecule has 38 heavy (non-hydrogen) atoms. The Morgan fingerprint density at radius 3 is 1.82 bits per heavy atom. The van der Waals surface area contributed by atoms with Crippen molar-refractivity contribution in [2.75, 3.05) is 7.05 Å². The van der Waals surface area contributed by atoms with E-state index in [1.54, 1.807) is 24.3 Å². The number of carbonyl (C=O) groups is 2. The first-order valence-electron chi connectivity index (χ1n) is 12.9. The van der Waals surface area contributed by atoms with Crippen LogP contribution in [0, 0.1) is 16.6 Å². The summed E-state index contributed by atoms with van der Waals surface area (Å²) in [6, 6.07) is 9.54. The molecule has 0 N–H and O–H groups in total. The summed E-state index contributed by atoms with van der Waals surface area (Å²) >= 11 is 13.4. The van der Waals surface area contributed by atoms with Gasteiger partial charge in [0.25, 0.3) is 0 Å².